The molecule has 0 aliphatic carbocycles. The third kappa shape index (κ3) is 5.83. The highest BCUT2D eigenvalue weighted by molar-refractivity contribution is 4.94. The van der Waals surface area contributed by atoms with Crippen LogP contribution < -0.4 is 5.32 Å². The van der Waals surface area contributed by atoms with Gasteiger partial charge in [-0.1, -0.05) is 65.2 Å². The number of hydrogen-bond donors (Lipinski definition) is 1. The number of hydrogen-bond acceptors (Lipinski definition) is 2. The van der Waals surface area contributed by atoms with Gasteiger partial charge in [0.1, 0.15) is 0 Å². The Kier molecular flexibility index (Phi) is 8.72. The standard InChI is InChI=1S/C17H36N2/c1-4-6-8-10-12-17(13-11-9-7-5-2)16-18-14-15-19(17)3/h18H,4-16H2,1-3H3. The molecule has 1 heterocycles. The van der Waals surface area contributed by atoms with Gasteiger partial charge >= 0.3 is 0 Å². The molecule has 1 saturated heterocycles. The second-order valence-electron chi connectivity index (χ2n) is 6.44. The van der Waals surface area contributed by atoms with E-state index in [1.54, 1.807) is 0 Å². The molecule has 0 unspecified atom stereocenters. The molecule has 0 bridgehead atoms. The Hall–Kier alpha value is -0.0800. The molecule has 2 nitrogen and oxygen atoms in total. The van der Waals surface area contributed by atoms with E-state index in [-0.39, 0.29) is 0 Å². The average molecular weight is 268 g/mol. The third-order valence-electron chi connectivity index (χ3n) is 4.88. The smallest absolute Gasteiger partial charge is 0.0331 e. The van der Waals surface area contributed by atoms with Gasteiger partial charge in [-0.25, -0.2) is 0 Å². The molecule has 1 aliphatic rings. The van der Waals surface area contributed by atoms with Gasteiger partial charge in [0.15, 0.2) is 0 Å². The van der Waals surface area contributed by atoms with Crippen LogP contribution in [0, 0.1) is 0 Å². The SMILES string of the molecule is CCCCCCC1(CCCCCC)CNCCN1C. The Morgan fingerprint density at radius 3 is 1.95 bits per heavy atom. The van der Waals surface area contributed by atoms with Crippen molar-refractivity contribution in [2.24, 2.45) is 0 Å². The molecule has 1 aliphatic heterocycles. The van der Waals surface area contributed by atoms with Crippen molar-refractivity contribution in [2.45, 2.75) is 83.6 Å². The summed E-state index contributed by atoms with van der Waals surface area (Å²) in [6.45, 7) is 8.20. The van der Waals surface area contributed by atoms with E-state index in [1.165, 1.54) is 83.8 Å². The Labute approximate surface area is 121 Å². The van der Waals surface area contributed by atoms with Gasteiger partial charge in [0.25, 0.3) is 0 Å². The first-order valence-corrected chi connectivity index (χ1v) is 8.67. The number of unbranched alkanes of at least 4 members (excludes halogenated alkanes) is 6. The molecule has 0 radical (unpaired) electrons. The van der Waals surface area contributed by atoms with Crippen LogP contribution in [0.4, 0.5) is 0 Å². The van der Waals surface area contributed by atoms with Gasteiger partial charge in [0.2, 0.25) is 0 Å². The van der Waals surface area contributed by atoms with E-state index in [2.05, 4.69) is 31.1 Å². The maximum absolute atomic E-state index is 3.65. The fraction of sp³-hybridized carbons (Fsp3) is 1.00. The highest BCUT2D eigenvalue weighted by Gasteiger charge is 2.35. The van der Waals surface area contributed by atoms with Gasteiger partial charge in [-0.05, 0) is 19.9 Å². The van der Waals surface area contributed by atoms with E-state index in [9.17, 15) is 0 Å². The predicted octanol–water partition coefficient (Wildman–Crippen LogP) is 4.20. The molecule has 1 fully saturated rings. The Bertz CT molecular complexity index is 203. The number of nitrogens with one attached hydrogen (secondary N) is 1. The quantitative estimate of drug-likeness (QED) is 0.597. The van der Waals surface area contributed by atoms with Crippen molar-refractivity contribution in [1.82, 2.24) is 10.2 Å². The van der Waals surface area contributed by atoms with Crippen LogP contribution >= 0.6 is 0 Å². The van der Waals surface area contributed by atoms with Crippen molar-refractivity contribution < 1.29 is 0 Å². The van der Waals surface area contributed by atoms with Crippen LogP contribution in [0.25, 0.3) is 0 Å². The average Bonchev–Trinajstić information content (AvgIpc) is 2.43. The van der Waals surface area contributed by atoms with Crippen LogP contribution in [0.15, 0.2) is 0 Å². The highest BCUT2D eigenvalue weighted by atomic mass is 15.2. The fourth-order valence-corrected chi connectivity index (χ4v) is 3.39. The van der Waals surface area contributed by atoms with Crippen molar-refractivity contribution >= 4 is 0 Å². The van der Waals surface area contributed by atoms with Crippen LogP contribution in [0.5, 0.6) is 0 Å². The van der Waals surface area contributed by atoms with Crippen molar-refractivity contribution in [3.05, 3.63) is 0 Å². The molecular weight excluding hydrogens is 232 g/mol. The minimum Gasteiger partial charge on any atom is -0.314 e. The number of likely N-dealkylation sites (N-methyl/N-ethyl adjacent to an activating group) is 1. The zero-order chi connectivity index (χ0) is 14.0. The topological polar surface area (TPSA) is 15.3 Å². The Morgan fingerprint density at radius 1 is 0.895 bits per heavy atom. The molecule has 0 spiro atoms. The van der Waals surface area contributed by atoms with Crippen LogP contribution in [0.3, 0.4) is 0 Å². The molecule has 0 atom stereocenters. The molecule has 19 heavy (non-hydrogen) atoms. The summed E-state index contributed by atoms with van der Waals surface area (Å²) in [6.07, 6.45) is 13.9. The van der Waals surface area contributed by atoms with Crippen molar-refractivity contribution in [2.75, 3.05) is 26.7 Å². The minimum absolute atomic E-state index is 0.458. The number of rotatable bonds is 10. The van der Waals surface area contributed by atoms with E-state index in [1.807, 2.05) is 0 Å². The second-order valence-corrected chi connectivity index (χ2v) is 6.44. The largest absolute Gasteiger partial charge is 0.314 e. The summed E-state index contributed by atoms with van der Waals surface area (Å²) in [6, 6.07) is 0. The van der Waals surface area contributed by atoms with E-state index in [0.717, 1.165) is 0 Å². The number of piperazine rings is 1. The zero-order valence-electron chi connectivity index (χ0n) is 13.6. The molecule has 1 rings (SSSR count). The molecular formula is C17H36N2. The lowest BCUT2D eigenvalue weighted by molar-refractivity contribution is 0.0647. The summed E-state index contributed by atoms with van der Waals surface area (Å²) < 4.78 is 0. The molecule has 0 amide bonds. The lowest BCUT2D eigenvalue weighted by atomic mass is 9.83. The van der Waals surface area contributed by atoms with E-state index in [4.69, 9.17) is 0 Å². The van der Waals surface area contributed by atoms with Gasteiger partial charge in [-0.2, -0.15) is 0 Å². The van der Waals surface area contributed by atoms with E-state index in [0.29, 0.717) is 5.54 Å². The monoisotopic (exact) mass is 268 g/mol. The van der Waals surface area contributed by atoms with Crippen molar-refractivity contribution in [3.8, 4) is 0 Å². The summed E-state index contributed by atoms with van der Waals surface area (Å²) >= 11 is 0. The van der Waals surface area contributed by atoms with Gasteiger partial charge in [-0.3, -0.25) is 4.90 Å². The second kappa shape index (κ2) is 9.77. The van der Waals surface area contributed by atoms with Gasteiger partial charge in [-0.15, -0.1) is 0 Å². The first-order chi connectivity index (χ1) is 9.25. The molecule has 0 aromatic rings. The summed E-state index contributed by atoms with van der Waals surface area (Å²) in [5, 5.41) is 3.65. The Balaban J connectivity index is 2.41. The van der Waals surface area contributed by atoms with Gasteiger partial charge < -0.3 is 5.32 Å². The predicted molar refractivity (Wildman–Crippen MR) is 85.7 cm³/mol. The van der Waals surface area contributed by atoms with Crippen LogP contribution in [0.1, 0.15) is 78.1 Å². The molecule has 0 saturated carbocycles. The lowest BCUT2D eigenvalue weighted by Gasteiger charge is -2.46. The molecule has 1 N–H and O–H groups in total. The van der Waals surface area contributed by atoms with Gasteiger partial charge in [0.05, 0.1) is 0 Å². The minimum atomic E-state index is 0.458. The lowest BCUT2D eigenvalue weighted by Crippen LogP contribution is -2.59. The van der Waals surface area contributed by atoms with Crippen LogP contribution in [-0.4, -0.2) is 37.1 Å². The molecule has 114 valence electrons. The maximum atomic E-state index is 3.65. The van der Waals surface area contributed by atoms with Crippen molar-refractivity contribution in [1.29, 1.82) is 0 Å². The van der Waals surface area contributed by atoms with Crippen molar-refractivity contribution in [3.63, 3.8) is 0 Å². The maximum Gasteiger partial charge on any atom is 0.0331 e. The molecule has 0 aromatic carbocycles. The summed E-state index contributed by atoms with van der Waals surface area (Å²) in [7, 11) is 2.35. The third-order valence-corrected chi connectivity index (χ3v) is 4.88. The summed E-state index contributed by atoms with van der Waals surface area (Å²) in [5.41, 5.74) is 0.458. The van der Waals surface area contributed by atoms with E-state index < -0.39 is 0 Å². The van der Waals surface area contributed by atoms with E-state index >= 15 is 0 Å². The number of nitrogens with zero attached hydrogens (tertiary/aromatic N) is 1. The summed E-state index contributed by atoms with van der Waals surface area (Å²) in [4.78, 5) is 2.65. The highest BCUT2D eigenvalue weighted by Crippen LogP contribution is 2.29. The summed E-state index contributed by atoms with van der Waals surface area (Å²) in [5.74, 6) is 0. The molecule has 2 heteroatoms. The van der Waals surface area contributed by atoms with Crippen LogP contribution in [0.2, 0.25) is 0 Å². The first kappa shape index (κ1) is 17.0. The zero-order valence-corrected chi connectivity index (χ0v) is 13.6. The van der Waals surface area contributed by atoms with Gasteiger partial charge in [0, 0.05) is 25.2 Å². The normalized spacial score (nSPS) is 19.7. The fourth-order valence-electron chi connectivity index (χ4n) is 3.39. The first-order valence-electron chi connectivity index (χ1n) is 8.67. The Morgan fingerprint density at radius 2 is 1.47 bits per heavy atom. The van der Waals surface area contributed by atoms with Crippen LogP contribution in [-0.2, 0) is 0 Å². The molecule has 0 aromatic heterocycles.